The normalized spacial score (nSPS) is 11.5. The number of pyridine rings is 1. The Labute approximate surface area is 179 Å². The van der Waals surface area contributed by atoms with Crippen LogP contribution in [0.3, 0.4) is 0 Å². The third-order valence-electron chi connectivity index (χ3n) is 4.85. The van der Waals surface area contributed by atoms with E-state index in [0.717, 1.165) is 10.9 Å². The van der Waals surface area contributed by atoms with Crippen molar-refractivity contribution in [3.8, 4) is 0 Å². The number of benzene rings is 2. The van der Waals surface area contributed by atoms with Gasteiger partial charge in [-0.05, 0) is 24.1 Å². The van der Waals surface area contributed by atoms with E-state index in [0.29, 0.717) is 11.1 Å². The summed E-state index contributed by atoms with van der Waals surface area (Å²) in [6.07, 6.45) is 0.205. The molecule has 0 bridgehead atoms. The van der Waals surface area contributed by atoms with Crippen LogP contribution in [0.2, 0.25) is 0 Å². The number of hydrogen-bond donors (Lipinski definition) is 2. The SMILES string of the molecule is COC(=O)c1c(COC(=O)[C@H](Cc2ccccc2)NC(N)=O)nc2ccccc2c1C. The Morgan fingerprint density at radius 2 is 1.74 bits per heavy atom. The molecule has 3 N–H and O–H groups in total. The van der Waals surface area contributed by atoms with Crippen molar-refractivity contribution in [2.24, 2.45) is 5.73 Å². The summed E-state index contributed by atoms with van der Waals surface area (Å²) in [5.74, 6) is -1.26. The van der Waals surface area contributed by atoms with Gasteiger partial charge in [0, 0.05) is 11.8 Å². The number of methoxy groups -OCH3 is 1. The predicted molar refractivity (Wildman–Crippen MR) is 114 cm³/mol. The summed E-state index contributed by atoms with van der Waals surface area (Å²) in [6, 6.07) is 14.7. The van der Waals surface area contributed by atoms with E-state index in [1.54, 1.807) is 6.92 Å². The van der Waals surface area contributed by atoms with Crippen LogP contribution in [-0.2, 0) is 27.3 Å². The summed E-state index contributed by atoms with van der Waals surface area (Å²) in [5, 5.41) is 3.21. The van der Waals surface area contributed by atoms with Crippen molar-refractivity contribution in [1.29, 1.82) is 0 Å². The molecule has 0 aliphatic rings. The Kier molecular flexibility index (Phi) is 6.81. The smallest absolute Gasteiger partial charge is 0.340 e. The monoisotopic (exact) mass is 421 g/mol. The number of hydrogen-bond acceptors (Lipinski definition) is 6. The number of fused-ring (bicyclic) bond motifs is 1. The Morgan fingerprint density at radius 3 is 2.42 bits per heavy atom. The molecule has 0 aliphatic carbocycles. The molecule has 0 unspecified atom stereocenters. The lowest BCUT2D eigenvalue weighted by atomic mass is 10.0. The number of rotatable bonds is 7. The van der Waals surface area contributed by atoms with Crippen molar-refractivity contribution in [1.82, 2.24) is 10.3 Å². The van der Waals surface area contributed by atoms with Gasteiger partial charge in [-0.15, -0.1) is 0 Å². The van der Waals surface area contributed by atoms with E-state index in [-0.39, 0.29) is 24.3 Å². The van der Waals surface area contributed by atoms with Crippen molar-refractivity contribution in [2.75, 3.05) is 7.11 Å². The van der Waals surface area contributed by atoms with Crippen LogP contribution < -0.4 is 11.1 Å². The summed E-state index contributed by atoms with van der Waals surface area (Å²) in [4.78, 5) is 41.0. The fourth-order valence-electron chi connectivity index (χ4n) is 3.37. The number of nitrogens with one attached hydrogen (secondary N) is 1. The third kappa shape index (κ3) is 5.16. The van der Waals surface area contributed by atoms with Gasteiger partial charge in [0.1, 0.15) is 12.6 Å². The van der Waals surface area contributed by atoms with Crippen molar-refractivity contribution >= 4 is 28.9 Å². The molecule has 3 rings (SSSR count). The fraction of sp³-hybridized carbons (Fsp3) is 0.217. The van der Waals surface area contributed by atoms with Gasteiger partial charge in [0.2, 0.25) is 0 Å². The molecule has 2 amide bonds. The quantitative estimate of drug-likeness (QED) is 0.566. The van der Waals surface area contributed by atoms with Crippen LogP contribution in [-0.4, -0.2) is 36.1 Å². The van der Waals surface area contributed by atoms with Crippen molar-refractivity contribution in [3.05, 3.63) is 77.0 Å². The molecule has 3 aromatic rings. The number of urea groups is 1. The Morgan fingerprint density at radius 1 is 1.06 bits per heavy atom. The zero-order chi connectivity index (χ0) is 22.4. The number of aromatic nitrogens is 1. The van der Waals surface area contributed by atoms with Gasteiger partial charge >= 0.3 is 18.0 Å². The zero-order valence-corrected chi connectivity index (χ0v) is 17.3. The summed E-state index contributed by atoms with van der Waals surface area (Å²) in [7, 11) is 1.28. The molecule has 0 radical (unpaired) electrons. The molecule has 8 nitrogen and oxygen atoms in total. The van der Waals surface area contributed by atoms with Crippen LogP contribution >= 0.6 is 0 Å². The van der Waals surface area contributed by atoms with Gasteiger partial charge < -0.3 is 20.5 Å². The molecular formula is C23H23N3O5. The second kappa shape index (κ2) is 9.71. The van der Waals surface area contributed by atoms with Gasteiger partial charge in [-0.3, -0.25) is 0 Å². The first-order valence-electron chi connectivity index (χ1n) is 9.63. The van der Waals surface area contributed by atoms with E-state index in [1.165, 1.54) is 7.11 Å². The fourth-order valence-corrected chi connectivity index (χ4v) is 3.37. The maximum Gasteiger partial charge on any atom is 0.340 e. The maximum atomic E-state index is 12.7. The average molecular weight is 421 g/mol. The molecule has 160 valence electrons. The van der Waals surface area contributed by atoms with Crippen molar-refractivity contribution in [2.45, 2.75) is 26.0 Å². The van der Waals surface area contributed by atoms with Crippen LogP contribution in [0.5, 0.6) is 0 Å². The number of ether oxygens (including phenoxy) is 2. The molecule has 1 atom stereocenters. The molecule has 8 heteroatoms. The summed E-state index contributed by atoms with van der Waals surface area (Å²) < 4.78 is 10.3. The van der Waals surface area contributed by atoms with E-state index in [2.05, 4.69) is 10.3 Å². The highest BCUT2D eigenvalue weighted by atomic mass is 16.5. The number of nitrogens with zero attached hydrogens (tertiary/aromatic N) is 1. The molecule has 0 spiro atoms. The average Bonchev–Trinajstić information content (AvgIpc) is 2.77. The lowest BCUT2D eigenvalue weighted by Gasteiger charge is -2.18. The third-order valence-corrected chi connectivity index (χ3v) is 4.85. The first-order valence-corrected chi connectivity index (χ1v) is 9.63. The topological polar surface area (TPSA) is 121 Å². The number of aryl methyl sites for hydroxylation is 1. The molecule has 0 fully saturated rings. The summed E-state index contributed by atoms with van der Waals surface area (Å²) in [6.45, 7) is 1.52. The Bertz CT molecular complexity index is 1110. The minimum atomic E-state index is -0.983. The Hall–Kier alpha value is -3.94. The largest absolute Gasteiger partial charge is 0.465 e. The van der Waals surface area contributed by atoms with E-state index in [4.69, 9.17) is 15.2 Å². The molecule has 0 aliphatic heterocycles. The van der Waals surface area contributed by atoms with E-state index in [9.17, 15) is 14.4 Å². The highest BCUT2D eigenvalue weighted by Crippen LogP contribution is 2.24. The first-order chi connectivity index (χ1) is 14.9. The number of para-hydroxylation sites is 1. The lowest BCUT2D eigenvalue weighted by molar-refractivity contribution is -0.147. The van der Waals surface area contributed by atoms with E-state index >= 15 is 0 Å². The number of primary amides is 1. The van der Waals surface area contributed by atoms with E-state index < -0.39 is 24.0 Å². The van der Waals surface area contributed by atoms with Gasteiger partial charge in [-0.25, -0.2) is 19.4 Å². The maximum absolute atomic E-state index is 12.7. The number of amides is 2. The number of carbonyl (C=O) groups is 3. The molecule has 2 aromatic carbocycles. The number of carbonyl (C=O) groups excluding carboxylic acids is 3. The van der Waals surface area contributed by atoms with Crippen LogP contribution in [0.4, 0.5) is 4.79 Å². The summed E-state index contributed by atoms with van der Waals surface area (Å²) >= 11 is 0. The molecular weight excluding hydrogens is 398 g/mol. The van der Waals surface area contributed by atoms with Crippen molar-refractivity contribution < 1.29 is 23.9 Å². The molecule has 0 saturated heterocycles. The van der Waals surface area contributed by atoms with Gasteiger partial charge in [-0.1, -0.05) is 48.5 Å². The number of nitrogens with two attached hydrogens (primary N) is 1. The molecule has 31 heavy (non-hydrogen) atoms. The Balaban J connectivity index is 1.86. The van der Waals surface area contributed by atoms with Crippen molar-refractivity contribution in [3.63, 3.8) is 0 Å². The first kappa shape index (κ1) is 21.8. The van der Waals surface area contributed by atoms with Crippen LogP contribution in [0.15, 0.2) is 54.6 Å². The molecule has 1 aromatic heterocycles. The minimum Gasteiger partial charge on any atom is -0.465 e. The molecule has 1 heterocycles. The number of esters is 2. The van der Waals surface area contributed by atoms with Crippen LogP contribution in [0, 0.1) is 6.92 Å². The summed E-state index contributed by atoms with van der Waals surface area (Å²) in [5.41, 5.74) is 7.91. The van der Waals surface area contributed by atoms with Gasteiger partial charge in [-0.2, -0.15) is 0 Å². The van der Waals surface area contributed by atoms with Gasteiger partial charge in [0.05, 0.1) is 23.9 Å². The van der Waals surface area contributed by atoms with E-state index in [1.807, 2.05) is 54.6 Å². The second-order valence-electron chi connectivity index (χ2n) is 6.93. The standard InChI is InChI=1S/C23H23N3O5/c1-14-16-10-6-7-11-17(16)25-19(20(14)22(28)30-2)13-31-21(27)18(26-23(24)29)12-15-8-4-3-5-9-15/h3-11,18H,12-13H2,1-2H3,(H3,24,26,29)/t18-/m0/s1. The molecule has 0 saturated carbocycles. The van der Waals surface area contributed by atoms with Gasteiger partial charge in [0.25, 0.3) is 0 Å². The minimum absolute atomic E-state index is 0.205. The van der Waals surface area contributed by atoms with Crippen LogP contribution in [0.1, 0.15) is 27.2 Å². The predicted octanol–water partition coefficient (Wildman–Crippen LogP) is 2.65. The highest BCUT2D eigenvalue weighted by Gasteiger charge is 2.25. The van der Waals surface area contributed by atoms with Gasteiger partial charge in [0.15, 0.2) is 0 Å². The lowest BCUT2D eigenvalue weighted by Crippen LogP contribution is -2.45. The van der Waals surface area contributed by atoms with Crippen LogP contribution in [0.25, 0.3) is 10.9 Å². The zero-order valence-electron chi connectivity index (χ0n) is 17.3. The highest BCUT2D eigenvalue weighted by molar-refractivity contribution is 5.98. The second-order valence-corrected chi connectivity index (χ2v) is 6.93.